The topological polar surface area (TPSA) is 12.0 Å². The van der Waals surface area contributed by atoms with Crippen LogP contribution in [0.25, 0.3) is 0 Å². The molecule has 0 saturated carbocycles. The number of hydrogen-bond donors (Lipinski definition) is 1. The van der Waals surface area contributed by atoms with E-state index in [0.29, 0.717) is 6.04 Å². The predicted molar refractivity (Wildman–Crippen MR) is 81.4 cm³/mol. The van der Waals surface area contributed by atoms with Gasteiger partial charge in [0.05, 0.1) is 6.04 Å². The molecule has 0 aliphatic heterocycles. The zero-order valence-corrected chi connectivity index (χ0v) is 12.7. The molecule has 2 heteroatoms. The number of fused-ring (bicyclic) bond motifs is 1. The van der Waals surface area contributed by atoms with Gasteiger partial charge in [0.2, 0.25) is 0 Å². The predicted octanol–water partition coefficient (Wildman–Crippen LogP) is 4.63. The summed E-state index contributed by atoms with van der Waals surface area (Å²) in [5.41, 5.74) is 3.02. The molecular formula is C16H25NS. The summed E-state index contributed by atoms with van der Waals surface area (Å²) in [6, 6.07) is 2.87. The van der Waals surface area contributed by atoms with Crippen molar-refractivity contribution < 1.29 is 0 Å². The van der Waals surface area contributed by atoms with Gasteiger partial charge in [-0.3, -0.25) is 0 Å². The first-order chi connectivity index (χ1) is 8.70. The zero-order chi connectivity index (χ0) is 13.0. The van der Waals surface area contributed by atoms with Gasteiger partial charge in [-0.05, 0) is 64.1 Å². The van der Waals surface area contributed by atoms with E-state index in [2.05, 4.69) is 38.2 Å². The van der Waals surface area contributed by atoms with Crippen molar-refractivity contribution in [2.24, 2.45) is 0 Å². The Hall–Kier alpha value is -0.600. The van der Waals surface area contributed by atoms with Crippen molar-refractivity contribution in [2.45, 2.75) is 58.9 Å². The van der Waals surface area contributed by atoms with Crippen LogP contribution in [0.1, 0.15) is 61.4 Å². The van der Waals surface area contributed by atoms with Crippen molar-refractivity contribution in [3.63, 3.8) is 0 Å². The van der Waals surface area contributed by atoms with E-state index in [-0.39, 0.29) is 0 Å². The molecule has 0 saturated heterocycles. The zero-order valence-electron chi connectivity index (χ0n) is 11.9. The number of nitrogens with one attached hydrogen (secondary N) is 1. The van der Waals surface area contributed by atoms with Crippen molar-refractivity contribution in [1.29, 1.82) is 0 Å². The van der Waals surface area contributed by atoms with Gasteiger partial charge in [-0.2, -0.15) is 0 Å². The molecule has 1 nitrogen and oxygen atoms in total. The van der Waals surface area contributed by atoms with Gasteiger partial charge in [-0.1, -0.05) is 18.6 Å². The van der Waals surface area contributed by atoms with E-state index in [9.17, 15) is 0 Å². The Morgan fingerprint density at radius 1 is 1.39 bits per heavy atom. The van der Waals surface area contributed by atoms with Crippen molar-refractivity contribution >= 4 is 11.3 Å². The molecule has 0 amide bonds. The highest BCUT2D eigenvalue weighted by Crippen LogP contribution is 2.33. The molecule has 1 aromatic heterocycles. The molecule has 1 aliphatic rings. The normalized spacial score (nSPS) is 16.2. The fourth-order valence-electron chi connectivity index (χ4n) is 2.54. The Balaban J connectivity index is 2.18. The van der Waals surface area contributed by atoms with Crippen molar-refractivity contribution in [2.75, 3.05) is 6.54 Å². The van der Waals surface area contributed by atoms with Crippen LogP contribution in [0.3, 0.4) is 0 Å². The molecule has 18 heavy (non-hydrogen) atoms. The summed E-state index contributed by atoms with van der Waals surface area (Å²) in [6.07, 6.45) is 8.91. The molecule has 1 heterocycles. The van der Waals surface area contributed by atoms with E-state index >= 15 is 0 Å². The van der Waals surface area contributed by atoms with Crippen LogP contribution in [0.4, 0.5) is 0 Å². The summed E-state index contributed by atoms with van der Waals surface area (Å²) in [6.45, 7) is 7.70. The lowest BCUT2D eigenvalue weighted by molar-refractivity contribution is 0.617. The fourth-order valence-corrected chi connectivity index (χ4v) is 3.84. The Labute approximate surface area is 115 Å². The van der Waals surface area contributed by atoms with E-state index in [0.717, 1.165) is 6.54 Å². The maximum absolute atomic E-state index is 3.66. The van der Waals surface area contributed by atoms with E-state index < -0.39 is 0 Å². The maximum Gasteiger partial charge on any atom is 0.0603 e. The lowest BCUT2D eigenvalue weighted by atomic mass is 9.98. The Kier molecular flexibility index (Phi) is 5.02. The lowest BCUT2D eigenvalue weighted by Crippen LogP contribution is -2.19. The molecule has 2 rings (SSSR count). The second-order valence-corrected chi connectivity index (χ2v) is 6.65. The highest BCUT2D eigenvalue weighted by molar-refractivity contribution is 7.12. The van der Waals surface area contributed by atoms with Gasteiger partial charge >= 0.3 is 0 Å². The van der Waals surface area contributed by atoms with Crippen molar-refractivity contribution in [1.82, 2.24) is 5.32 Å². The third kappa shape index (κ3) is 3.46. The SMILES string of the molecule is CCCNC(C=C(C)C)c1cc2c(s1)CCCC2. The van der Waals surface area contributed by atoms with E-state index in [1.165, 1.54) is 42.6 Å². The van der Waals surface area contributed by atoms with E-state index in [1.54, 1.807) is 10.4 Å². The molecule has 0 bridgehead atoms. The van der Waals surface area contributed by atoms with E-state index in [1.807, 2.05) is 11.3 Å². The molecule has 0 fully saturated rings. The minimum atomic E-state index is 0.422. The Morgan fingerprint density at radius 2 is 2.17 bits per heavy atom. The summed E-state index contributed by atoms with van der Waals surface area (Å²) < 4.78 is 0. The number of thiophene rings is 1. The number of rotatable bonds is 5. The molecule has 1 atom stereocenters. The van der Waals surface area contributed by atoms with Crippen LogP contribution in [0, 0.1) is 0 Å². The van der Waals surface area contributed by atoms with Crippen LogP contribution in [0.5, 0.6) is 0 Å². The van der Waals surface area contributed by atoms with E-state index in [4.69, 9.17) is 0 Å². The minimum absolute atomic E-state index is 0.422. The first-order valence-corrected chi connectivity index (χ1v) is 8.02. The quantitative estimate of drug-likeness (QED) is 0.763. The number of aryl methyl sites for hydroxylation is 2. The van der Waals surface area contributed by atoms with Crippen LogP contribution in [-0.2, 0) is 12.8 Å². The number of allylic oxidation sites excluding steroid dienone is 1. The second-order valence-electron chi connectivity index (χ2n) is 5.48. The van der Waals surface area contributed by atoms with Crippen molar-refractivity contribution in [3.05, 3.63) is 33.0 Å². The maximum atomic E-state index is 3.66. The molecule has 1 N–H and O–H groups in total. The Bertz CT molecular complexity index is 389. The molecular weight excluding hydrogens is 238 g/mol. The van der Waals surface area contributed by atoms with Gasteiger partial charge in [-0.25, -0.2) is 0 Å². The average Bonchev–Trinajstić information content (AvgIpc) is 2.77. The molecule has 1 aliphatic carbocycles. The highest BCUT2D eigenvalue weighted by Gasteiger charge is 2.17. The van der Waals surface area contributed by atoms with Gasteiger partial charge in [0, 0.05) is 9.75 Å². The smallest absolute Gasteiger partial charge is 0.0603 e. The average molecular weight is 263 g/mol. The van der Waals surface area contributed by atoms with Gasteiger partial charge in [-0.15, -0.1) is 11.3 Å². The molecule has 1 unspecified atom stereocenters. The summed E-state index contributed by atoms with van der Waals surface area (Å²) in [7, 11) is 0. The molecule has 1 aromatic rings. The van der Waals surface area contributed by atoms with Crippen LogP contribution in [0.15, 0.2) is 17.7 Å². The summed E-state index contributed by atoms with van der Waals surface area (Å²) in [4.78, 5) is 3.15. The van der Waals surface area contributed by atoms with Crippen molar-refractivity contribution in [3.8, 4) is 0 Å². The van der Waals surface area contributed by atoms with Gasteiger partial charge in [0.15, 0.2) is 0 Å². The van der Waals surface area contributed by atoms with Crippen LogP contribution < -0.4 is 5.32 Å². The third-order valence-electron chi connectivity index (χ3n) is 3.44. The van der Waals surface area contributed by atoms with Gasteiger partial charge < -0.3 is 5.32 Å². The summed E-state index contributed by atoms with van der Waals surface area (Å²) in [5.74, 6) is 0. The molecule has 0 aromatic carbocycles. The van der Waals surface area contributed by atoms with Crippen LogP contribution in [-0.4, -0.2) is 6.54 Å². The molecule has 0 spiro atoms. The monoisotopic (exact) mass is 263 g/mol. The van der Waals surface area contributed by atoms with Crippen LogP contribution >= 0.6 is 11.3 Å². The minimum Gasteiger partial charge on any atom is -0.306 e. The largest absolute Gasteiger partial charge is 0.306 e. The molecule has 100 valence electrons. The first kappa shape index (κ1) is 13.8. The standard InChI is InChI=1S/C16H25NS/c1-4-9-17-14(10-12(2)3)16-11-13-7-5-6-8-15(13)18-16/h10-11,14,17H,4-9H2,1-3H3. The number of hydrogen-bond acceptors (Lipinski definition) is 2. The van der Waals surface area contributed by atoms with Gasteiger partial charge in [0.1, 0.15) is 0 Å². The first-order valence-electron chi connectivity index (χ1n) is 7.20. The summed E-state index contributed by atoms with van der Waals surface area (Å²) >= 11 is 2.03. The lowest BCUT2D eigenvalue weighted by Gasteiger charge is -2.13. The third-order valence-corrected chi connectivity index (χ3v) is 4.76. The second kappa shape index (κ2) is 6.53. The Morgan fingerprint density at radius 3 is 2.83 bits per heavy atom. The summed E-state index contributed by atoms with van der Waals surface area (Å²) in [5, 5.41) is 3.66. The van der Waals surface area contributed by atoms with Gasteiger partial charge in [0.25, 0.3) is 0 Å². The fraction of sp³-hybridized carbons (Fsp3) is 0.625. The van der Waals surface area contributed by atoms with Crippen LogP contribution in [0.2, 0.25) is 0 Å². The molecule has 0 radical (unpaired) electrons. The highest BCUT2D eigenvalue weighted by atomic mass is 32.1.